The highest BCUT2D eigenvalue weighted by Gasteiger charge is 2.35. The normalized spacial score (nSPS) is 23.9. The Balaban J connectivity index is 1.54. The fourth-order valence-corrected chi connectivity index (χ4v) is 5.62. The lowest BCUT2D eigenvalue weighted by Gasteiger charge is -2.20. The largest absolute Gasteiger partial charge is 0.331 e. The average molecular weight is 374 g/mol. The maximum atomic E-state index is 13.1. The van der Waals surface area contributed by atoms with Crippen LogP contribution in [0.15, 0.2) is 35.5 Å². The Hall–Kier alpha value is -1.66. The van der Waals surface area contributed by atoms with Crippen LogP contribution in [-0.2, 0) is 22.9 Å². The summed E-state index contributed by atoms with van der Waals surface area (Å²) in [7, 11) is -3.51. The lowest BCUT2D eigenvalue weighted by molar-refractivity contribution is 0.425. The molecule has 2 aromatic rings. The minimum atomic E-state index is -3.51. The fourth-order valence-electron chi connectivity index (χ4n) is 4.17. The van der Waals surface area contributed by atoms with E-state index in [1.165, 1.54) is 11.1 Å². The molecule has 2 aliphatic rings. The third kappa shape index (κ3) is 3.09. The van der Waals surface area contributed by atoms with E-state index in [1.54, 1.807) is 10.5 Å². The smallest absolute Gasteiger partial charge is 0.262 e. The molecular formula is C20H27N3O2S. The van der Waals surface area contributed by atoms with Gasteiger partial charge in [0.25, 0.3) is 10.0 Å². The number of hydrogen-bond donors (Lipinski definition) is 0. The number of rotatable bonds is 4. The van der Waals surface area contributed by atoms with Gasteiger partial charge in [-0.15, -0.1) is 0 Å². The molecule has 4 rings (SSSR count). The molecule has 2 unspecified atom stereocenters. The summed E-state index contributed by atoms with van der Waals surface area (Å²) in [6, 6.07) is 8.93. The number of fused-ring (bicyclic) bond motifs is 1. The minimum absolute atomic E-state index is 0.225. The van der Waals surface area contributed by atoms with Crippen molar-refractivity contribution < 1.29 is 8.42 Å². The molecule has 26 heavy (non-hydrogen) atoms. The van der Waals surface area contributed by atoms with Gasteiger partial charge in [0.1, 0.15) is 5.82 Å². The third-order valence-electron chi connectivity index (χ3n) is 5.90. The van der Waals surface area contributed by atoms with E-state index in [9.17, 15) is 8.42 Å². The van der Waals surface area contributed by atoms with Crippen LogP contribution >= 0.6 is 0 Å². The fraction of sp³-hybridized carbons (Fsp3) is 0.550. The summed E-state index contributed by atoms with van der Waals surface area (Å²) in [5.41, 5.74) is 2.55. The molecule has 1 fully saturated rings. The summed E-state index contributed by atoms with van der Waals surface area (Å²) in [6.45, 7) is 5.39. The van der Waals surface area contributed by atoms with Gasteiger partial charge in [-0.25, -0.2) is 13.4 Å². The van der Waals surface area contributed by atoms with Gasteiger partial charge in [-0.05, 0) is 49.7 Å². The molecule has 1 aromatic carbocycles. The summed E-state index contributed by atoms with van der Waals surface area (Å²) < 4.78 is 29.8. The molecule has 0 amide bonds. The molecule has 140 valence electrons. The van der Waals surface area contributed by atoms with Crippen LogP contribution in [0.5, 0.6) is 0 Å². The highest BCUT2D eigenvalue weighted by atomic mass is 32.2. The van der Waals surface area contributed by atoms with E-state index in [0.717, 1.165) is 37.9 Å². The first kappa shape index (κ1) is 17.7. The molecule has 0 aliphatic carbocycles. The Labute approximate surface area is 156 Å². The molecule has 1 saturated heterocycles. The molecule has 2 aliphatic heterocycles. The van der Waals surface area contributed by atoms with Gasteiger partial charge in [0.2, 0.25) is 0 Å². The second-order valence-corrected chi connectivity index (χ2v) is 9.47. The first-order valence-corrected chi connectivity index (χ1v) is 11.1. The van der Waals surface area contributed by atoms with Gasteiger partial charge in [-0.2, -0.15) is 4.31 Å². The molecular weight excluding hydrogens is 346 g/mol. The van der Waals surface area contributed by atoms with Crippen LogP contribution in [0.3, 0.4) is 0 Å². The summed E-state index contributed by atoms with van der Waals surface area (Å²) in [5.74, 6) is 1.18. The predicted octanol–water partition coefficient (Wildman–Crippen LogP) is 3.52. The lowest BCUT2D eigenvalue weighted by Crippen LogP contribution is -2.29. The van der Waals surface area contributed by atoms with Crippen molar-refractivity contribution in [2.45, 2.75) is 62.9 Å². The van der Waals surface area contributed by atoms with Crippen LogP contribution in [0.4, 0.5) is 0 Å². The number of sulfonamides is 1. The number of aryl methyl sites for hydroxylation is 2. The second kappa shape index (κ2) is 6.82. The van der Waals surface area contributed by atoms with Crippen LogP contribution in [0.25, 0.3) is 0 Å². The zero-order chi connectivity index (χ0) is 18.3. The van der Waals surface area contributed by atoms with Gasteiger partial charge in [0.05, 0.1) is 0 Å². The highest BCUT2D eigenvalue weighted by molar-refractivity contribution is 7.89. The molecule has 0 N–H and O–H groups in total. The van der Waals surface area contributed by atoms with Crippen LogP contribution in [0.1, 0.15) is 62.0 Å². The topological polar surface area (TPSA) is 55.2 Å². The van der Waals surface area contributed by atoms with Crippen molar-refractivity contribution in [2.75, 3.05) is 13.1 Å². The molecule has 6 heteroatoms. The minimum Gasteiger partial charge on any atom is -0.331 e. The first-order valence-electron chi connectivity index (χ1n) is 9.65. The van der Waals surface area contributed by atoms with E-state index in [0.29, 0.717) is 19.1 Å². The highest BCUT2D eigenvalue weighted by Crippen LogP contribution is 2.32. The van der Waals surface area contributed by atoms with Crippen molar-refractivity contribution in [3.8, 4) is 0 Å². The van der Waals surface area contributed by atoms with Gasteiger partial charge < -0.3 is 4.57 Å². The third-order valence-corrected chi connectivity index (χ3v) is 7.64. The molecule has 3 heterocycles. The van der Waals surface area contributed by atoms with E-state index in [1.807, 2.05) is 4.57 Å². The summed E-state index contributed by atoms with van der Waals surface area (Å²) in [5, 5.41) is 0.225. The van der Waals surface area contributed by atoms with Gasteiger partial charge in [-0.1, -0.05) is 31.2 Å². The van der Waals surface area contributed by atoms with Crippen molar-refractivity contribution in [1.82, 2.24) is 13.9 Å². The Bertz CT molecular complexity index is 886. The average Bonchev–Trinajstić information content (AvgIpc) is 3.30. The number of hydrogen-bond acceptors (Lipinski definition) is 3. The van der Waals surface area contributed by atoms with E-state index < -0.39 is 10.0 Å². The monoisotopic (exact) mass is 373 g/mol. The van der Waals surface area contributed by atoms with Gasteiger partial charge in [-0.3, -0.25) is 0 Å². The second-order valence-electron chi connectivity index (χ2n) is 7.59. The molecule has 0 saturated carbocycles. The molecule has 1 aromatic heterocycles. The summed E-state index contributed by atoms with van der Waals surface area (Å²) in [6.07, 6.45) is 6.67. The van der Waals surface area contributed by atoms with Crippen molar-refractivity contribution in [2.24, 2.45) is 0 Å². The van der Waals surface area contributed by atoms with Crippen LogP contribution in [-0.4, -0.2) is 35.4 Å². The van der Waals surface area contributed by atoms with Gasteiger partial charge >= 0.3 is 0 Å². The number of imidazole rings is 1. The number of benzene rings is 1. The predicted molar refractivity (Wildman–Crippen MR) is 102 cm³/mol. The van der Waals surface area contributed by atoms with E-state index in [-0.39, 0.29) is 10.9 Å². The van der Waals surface area contributed by atoms with Gasteiger partial charge in [0, 0.05) is 31.7 Å². The quantitative estimate of drug-likeness (QED) is 0.824. The first-order chi connectivity index (χ1) is 12.5. The van der Waals surface area contributed by atoms with E-state index in [4.69, 9.17) is 0 Å². The van der Waals surface area contributed by atoms with Crippen molar-refractivity contribution in [1.29, 1.82) is 0 Å². The van der Waals surface area contributed by atoms with E-state index >= 15 is 0 Å². The molecule has 2 atom stereocenters. The molecule has 0 radical (unpaired) electrons. The zero-order valence-corrected chi connectivity index (χ0v) is 16.4. The van der Waals surface area contributed by atoms with E-state index in [2.05, 4.69) is 43.1 Å². The summed E-state index contributed by atoms with van der Waals surface area (Å²) >= 11 is 0. The molecule has 0 bridgehead atoms. The van der Waals surface area contributed by atoms with Crippen molar-refractivity contribution in [3.63, 3.8) is 0 Å². The Morgan fingerprint density at radius 3 is 2.65 bits per heavy atom. The Morgan fingerprint density at radius 1 is 1.19 bits per heavy atom. The Morgan fingerprint density at radius 2 is 1.96 bits per heavy atom. The summed E-state index contributed by atoms with van der Waals surface area (Å²) in [4.78, 5) is 4.47. The van der Waals surface area contributed by atoms with Crippen molar-refractivity contribution in [3.05, 3.63) is 47.4 Å². The van der Waals surface area contributed by atoms with Crippen molar-refractivity contribution >= 4 is 10.0 Å². The standard InChI is InChI=1S/C20H27N3O2S/c1-3-16-7-9-17(10-8-16)18-11-12-22(13-18)26(24,25)20-14-23-15(2)5-4-6-19(23)21-20/h7-10,14-15,18H,3-6,11-13H2,1-2H3. The SMILES string of the molecule is CCc1ccc(C2CCN(S(=O)(=O)c3cn4c(n3)CCCC4C)C2)cc1. The lowest BCUT2D eigenvalue weighted by atomic mass is 9.97. The zero-order valence-electron chi connectivity index (χ0n) is 15.6. The molecule has 0 spiro atoms. The maximum absolute atomic E-state index is 13.1. The number of aromatic nitrogens is 2. The Kier molecular flexibility index (Phi) is 4.65. The maximum Gasteiger partial charge on any atom is 0.262 e. The molecule has 5 nitrogen and oxygen atoms in total. The van der Waals surface area contributed by atoms with Gasteiger partial charge in [0.15, 0.2) is 5.03 Å². The number of nitrogens with zero attached hydrogens (tertiary/aromatic N) is 3. The van der Waals surface area contributed by atoms with Crippen LogP contribution in [0.2, 0.25) is 0 Å². The van der Waals surface area contributed by atoms with Crippen LogP contribution < -0.4 is 0 Å². The van der Waals surface area contributed by atoms with Crippen LogP contribution in [0, 0.1) is 0 Å².